The van der Waals surface area contributed by atoms with E-state index in [1.807, 2.05) is 0 Å². The lowest BCUT2D eigenvalue weighted by atomic mass is 10.1. The van der Waals surface area contributed by atoms with Crippen LogP contribution in [0.5, 0.6) is 5.75 Å². The highest BCUT2D eigenvalue weighted by Gasteiger charge is 2.27. The van der Waals surface area contributed by atoms with Crippen molar-refractivity contribution in [2.75, 3.05) is 27.3 Å². The molecule has 0 amide bonds. The van der Waals surface area contributed by atoms with E-state index in [1.165, 1.54) is 36.7 Å². The molecular weight excluding hydrogens is 410 g/mol. The minimum Gasteiger partial charge on any atom is -0.495 e. The number of carbonyl (C=O) groups excluding carboxylic acids is 2. The highest BCUT2D eigenvalue weighted by molar-refractivity contribution is 7.89. The van der Waals surface area contributed by atoms with E-state index in [4.69, 9.17) is 9.47 Å². The van der Waals surface area contributed by atoms with Crippen LogP contribution in [-0.4, -0.2) is 52.0 Å². The first-order valence-corrected chi connectivity index (χ1v) is 10.7. The maximum absolute atomic E-state index is 12.9. The van der Waals surface area contributed by atoms with Crippen molar-refractivity contribution in [2.24, 2.45) is 0 Å². The second-order valence-corrected chi connectivity index (χ2v) is 8.13. The number of benzene rings is 2. The van der Waals surface area contributed by atoms with Gasteiger partial charge in [0.15, 0.2) is 0 Å². The van der Waals surface area contributed by atoms with Crippen molar-refractivity contribution in [1.82, 2.24) is 4.31 Å². The minimum atomic E-state index is -3.83. The molecule has 0 fully saturated rings. The molecule has 2 rings (SSSR count). The Morgan fingerprint density at radius 3 is 2.03 bits per heavy atom. The molecule has 0 aromatic heterocycles. The van der Waals surface area contributed by atoms with Gasteiger partial charge in [0.25, 0.3) is 0 Å². The van der Waals surface area contributed by atoms with E-state index in [0.717, 1.165) is 0 Å². The third-order valence-corrected chi connectivity index (χ3v) is 6.54. The molecule has 0 saturated carbocycles. The fourth-order valence-electron chi connectivity index (χ4n) is 2.79. The predicted octanol–water partition coefficient (Wildman–Crippen LogP) is 2.87. The molecule has 0 aliphatic heterocycles. The smallest absolute Gasteiger partial charge is 0.338 e. The fourth-order valence-corrected chi connectivity index (χ4v) is 4.43. The summed E-state index contributed by atoms with van der Waals surface area (Å²) in [4.78, 5) is 23.9. The van der Waals surface area contributed by atoms with E-state index in [-0.39, 0.29) is 35.9 Å². The van der Waals surface area contributed by atoms with Crippen molar-refractivity contribution in [3.8, 4) is 5.75 Å². The molecule has 0 N–H and O–H groups in total. The van der Waals surface area contributed by atoms with E-state index in [2.05, 4.69) is 4.74 Å². The quantitative estimate of drug-likeness (QED) is 0.559. The van der Waals surface area contributed by atoms with Crippen LogP contribution in [0, 0.1) is 0 Å². The zero-order valence-electron chi connectivity index (χ0n) is 17.4. The Morgan fingerprint density at radius 1 is 0.900 bits per heavy atom. The van der Waals surface area contributed by atoms with Gasteiger partial charge in [0.1, 0.15) is 17.3 Å². The topological polar surface area (TPSA) is 99.2 Å². The number of rotatable bonds is 9. The SMILES string of the molecule is CCN(CC)S(=O)(=O)c1cc(C(=O)OCc2ccc(C(=O)OC)cc2)ccc1OC. The third-order valence-electron chi connectivity index (χ3n) is 4.47. The van der Waals surface area contributed by atoms with Gasteiger partial charge in [-0.2, -0.15) is 4.31 Å². The molecule has 0 bridgehead atoms. The average molecular weight is 435 g/mol. The average Bonchev–Trinajstić information content (AvgIpc) is 2.77. The maximum Gasteiger partial charge on any atom is 0.338 e. The molecule has 0 heterocycles. The Balaban J connectivity index is 2.21. The number of hydrogen-bond acceptors (Lipinski definition) is 7. The Labute approximate surface area is 176 Å². The van der Waals surface area contributed by atoms with Crippen molar-refractivity contribution in [3.05, 3.63) is 59.2 Å². The normalized spacial score (nSPS) is 11.2. The monoisotopic (exact) mass is 435 g/mol. The summed E-state index contributed by atoms with van der Waals surface area (Å²) in [7, 11) is -1.16. The lowest BCUT2D eigenvalue weighted by molar-refractivity contribution is 0.0471. The third kappa shape index (κ3) is 5.17. The van der Waals surface area contributed by atoms with Crippen LogP contribution in [0.4, 0.5) is 0 Å². The summed E-state index contributed by atoms with van der Waals surface area (Å²) >= 11 is 0. The Morgan fingerprint density at radius 2 is 1.50 bits per heavy atom. The summed E-state index contributed by atoms with van der Waals surface area (Å²) in [6.07, 6.45) is 0. The molecule has 9 heteroatoms. The van der Waals surface area contributed by atoms with Gasteiger partial charge >= 0.3 is 11.9 Å². The Bertz CT molecular complexity index is 997. The molecule has 30 heavy (non-hydrogen) atoms. The second-order valence-electron chi connectivity index (χ2n) is 6.22. The fraction of sp³-hybridized carbons (Fsp3) is 0.333. The zero-order valence-corrected chi connectivity index (χ0v) is 18.2. The lowest BCUT2D eigenvalue weighted by Crippen LogP contribution is -2.31. The Kier molecular flexibility index (Phi) is 7.96. The molecule has 8 nitrogen and oxygen atoms in total. The molecule has 0 aliphatic rings. The summed E-state index contributed by atoms with van der Waals surface area (Å²) < 4.78 is 42.2. The van der Waals surface area contributed by atoms with Crippen molar-refractivity contribution in [3.63, 3.8) is 0 Å². The van der Waals surface area contributed by atoms with Crippen LogP contribution in [0.3, 0.4) is 0 Å². The van der Waals surface area contributed by atoms with E-state index in [1.54, 1.807) is 38.1 Å². The molecule has 162 valence electrons. The van der Waals surface area contributed by atoms with E-state index >= 15 is 0 Å². The molecule has 0 unspecified atom stereocenters. The summed E-state index contributed by atoms with van der Waals surface area (Å²) in [5, 5.41) is 0. The van der Waals surface area contributed by atoms with Crippen LogP contribution < -0.4 is 4.74 Å². The highest BCUT2D eigenvalue weighted by Crippen LogP contribution is 2.28. The number of hydrogen-bond donors (Lipinski definition) is 0. The van der Waals surface area contributed by atoms with Crippen molar-refractivity contribution in [2.45, 2.75) is 25.3 Å². The van der Waals surface area contributed by atoms with Crippen LogP contribution in [0.15, 0.2) is 47.4 Å². The molecule has 0 spiro atoms. The number of sulfonamides is 1. The van der Waals surface area contributed by atoms with Crippen LogP contribution in [0.25, 0.3) is 0 Å². The van der Waals surface area contributed by atoms with Crippen LogP contribution >= 0.6 is 0 Å². The molecule has 2 aromatic carbocycles. The van der Waals surface area contributed by atoms with Gasteiger partial charge in [-0.1, -0.05) is 26.0 Å². The molecule has 0 radical (unpaired) electrons. The van der Waals surface area contributed by atoms with E-state index in [9.17, 15) is 18.0 Å². The molecule has 2 aromatic rings. The largest absolute Gasteiger partial charge is 0.495 e. The van der Waals surface area contributed by atoms with E-state index < -0.39 is 22.0 Å². The van der Waals surface area contributed by atoms with Crippen molar-refractivity contribution in [1.29, 1.82) is 0 Å². The van der Waals surface area contributed by atoms with Gasteiger partial charge in [0.2, 0.25) is 10.0 Å². The number of nitrogens with zero attached hydrogens (tertiary/aromatic N) is 1. The van der Waals surface area contributed by atoms with Gasteiger partial charge in [-0.05, 0) is 35.9 Å². The summed E-state index contributed by atoms with van der Waals surface area (Å²) in [6.45, 7) is 4.01. The van der Waals surface area contributed by atoms with Crippen LogP contribution in [0.2, 0.25) is 0 Å². The van der Waals surface area contributed by atoms with Gasteiger partial charge in [0.05, 0.1) is 25.3 Å². The van der Waals surface area contributed by atoms with Gasteiger partial charge in [0, 0.05) is 13.1 Å². The van der Waals surface area contributed by atoms with Gasteiger partial charge in [-0.3, -0.25) is 0 Å². The first-order valence-electron chi connectivity index (χ1n) is 9.31. The molecule has 0 atom stereocenters. The predicted molar refractivity (Wildman–Crippen MR) is 110 cm³/mol. The number of ether oxygens (including phenoxy) is 3. The number of carbonyl (C=O) groups is 2. The second kappa shape index (κ2) is 10.2. The standard InChI is InChI=1S/C21H25NO7S/c1-5-22(6-2)30(25,26)19-13-17(11-12-18(19)27-3)21(24)29-14-15-7-9-16(10-8-15)20(23)28-4/h7-13H,5-6,14H2,1-4H3. The van der Waals surface area contributed by atoms with Crippen LogP contribution in [-0.2, 0) is 26.1 Å². The molecule has 0 aliphatic carbocycles. The Hall–Kier alpha value is -2.91. The van der Waals surface area contributed by atoms with Gasteiger partial charge in [-0.25, -0.2) is 18.0 Å². The van der Waals surface area contributed by atoms with Crippen molar-refractivity contribution >= 4 is 22.0 Å². The maximum atomic E-state index is 12.9. The minimum absolute atomic E-state index is 0.0373. The highest BCUT2D eigenvalue weighted by atomic mass is 32.2. The van der Waals surface area contributed by atoms with Gasteiger partial charge < -0.3 is 14.2 Å². The first kappa shape index (κ1) is 23.4. The summed E-state index contributed by atoms with van der Waals surface area (Å²) in [6, 6.07) is 10.6. The number of esters is 2. The summed E-state index contributed by atoms with van der Waals surface area (Å²) in [5.74, 6) is -0.985. The van der Waals surface area contributed by atoms with Crippen LogP contribution in [0.1, 0.15) is 40.1 Å². The van der Waals surface area contributed by atoms with E-state index in [0.29, 0.717) is 11.1 Å². The molecule has 0 saturated heterocycles. The molecular formula is C21H25NO7S. The number of methoxy groups -OCH3 is 2. The van der Waals surface area contributed by atoms with Gasteiger partial charge in [-0.15, -0.1) is 0 Å². The van der Waals surface area contributed by atoms with Crippen molar-refractivity contribution < 1.29 is 32.2 Å². The first-order chi connectivity index (χ1) is 14.3. The summed E-state index contributed by atoms with van der Waals surface area (Å²) in [5.41, 5.74) is 1.14. The lowest BCUT2D eigenvalue weighted by Gasteiger charge is -2.20. The zero-order chi connectivity index (χ0) is 22.3.